The summed E-state index contributed by atoms with van der Waals surface area (Å²) in [5, 5.41) is 8.04. The van der Waals surface area contributed by atoms with Crippen molar-refractivity contribution in [1.82, 2.24) is 20.0 Å². The summed E-state index contributed by atoms with van der Waals surface area (Å²) in [6.07, 6.45) is 5.07. The van der Waals surface area contributed by atoms with E-state index >= 15 is 0 Å². The van der Waals surface area contributed by atoms with Crippen molar-refractivity contribution in [3.05, 3.63) is 42.6 Å². The van der Waals surface area contributed by atoms with Crippen LogP contribution in [0.25, 0.3) is 11.0 Å². The molecule has 0 aliphatic rings. The zero-order valence-corrected chi connectivity index (χ0v) is 7.87. The van der Waals surface area contributed by atoms with Gasteiger partial charge in [0.05, 0.1) is 18.0 Å². The maximum Gasteiger partial charge on any atom is 0.131 e. The van der Waals surface area contributed by atoms with E-state index < -0.39 is 0 Å². The minimum absolute atomic E-state index is 0.591. The molecule has 3 aromatic heterocycles. The zero-order valence-electron chi connectivity index (χ0n) is 7.87. The number of hydrogen-bond donors (Lipinski definition) is 0. The van der Waals surface area contributed by atoms with Crippen molar-refractivity contribution in [1.29, 1.82) is 0 Å². The molecule has 15 heavy (non-hydrogen) atoms. The number of nitrogens with zero attached hydrogens (tertiary/aromatic N) is 4. The highest BCUT2D eigenvalue weighted by Gasteiger charge is 2.05. The molecule has 0 fully saturated rings. The van der Waals surface area contributed by atoms with E-state index in [1.807, 2.05) is 18.2 Å². The van der Waals surface area contributed by atoms with E-state index in [2.05, 4.69) is 15.3 Å². The van der Waals surface area contributed by atoms with Gasteiger partial charge in [-0.25, -0.2) is 4.68 Å². The quantitative estimate of drug-likeness (QED) is 0.628. The van der Waals surface area contributed by atoms with E-state index in [0.717, 1.165) is 16.8 Å². The molecule has 5 heteroatoms. The molecule has 0 radical (unpaired) electrons. The maximum absolute atomic E-state index is 5.25. The third-order valence-corrected chi connectivity index (χ3v) is 2.20. The van der Waals surface area contributed by atoms with Crippen molar-refractivity contribution >= 4 is 11.0 Å². The average molecular weight is 200 g/mol. The van der Waals surface area contributed by atoms with Gasteiger partial charge in [-0.1, -0.05) is 5.21 Å². The Morgan fingerprint density at radius 2 is 2.33 bits per heavy atom. The largest absolute Gasteiger partial charge is 0.467 e. The van der Waals surface area contributed by atoms with Gasteiger partial charge >= 0.3 is 0 Å². The second-order valence-corrected chi connectivity index (χ2v) is 3.19. The van der Waals surface area contributed by atoms with Crippen LogP contribution < -0.4 is 0 Å². The molecule has 0 saturated heterocycles. The average Bonchev–Trinajstić information content (AvgIpc) is 2.89. The van der Waals surface area contributed by atoms with Gasteiger partial charge in [0, 0.05) is 6.20 Å². The summed E-state index contributed by atoms with van der Waals surface area (Å²) in [4.78, 5) is 3.98. The molecule has 0 bridgehead atoms. The maximum atomic E-state index is 5.25. The number of fused-ring (bicyclic) bond motifs is 1. The molecule has 3 heterocycles. The van der Waals surface area contributed by atoms with Gasteiger partial charge < -0.3 is 4.42 Å². The second kappa shape index (κ2) is 3.20. The minimum Gasteiger partial charge on any atom is -0.467 e. The smallest absolute Gasteiger partial charge is 0.131 e. The Morgan fingerprint density at radius 3 is 3.20 bits per heavy atom. The lowest BCUT2D eigenvalue weighted by Crippen LogP contribution is -2.00. The first-order valence-corrected chi connectivity index (χ1v) is 4.59. The van der Waals surface area contributed by atoms with Crippen LogP contribution in [-0.4, -0.2) is 20.0 Å². The first kappa shape index (κ1) is 8.16. The van der Waals surface area contributed by atoms with Gasteiger partial charge in [-0.2, -0.15) is 0 Å². The van der Waals surface area contributed by atoms with E-state index in [0.29, 0.717) is 6.54 Å². The van der Waals surface area contributed by atoms with Crippen LogP contribution in [0.5, 0.6) is 0 Å². The molecule has 0 saturated carbocycles. The van der Waals surface area contributed by atoms with Crippen LogP contribution >= 0.6 is 0 Å². The standard InChI is InChI=1S/C10H8N4O/c1-2-8(15-5-1)7-14-10-3-4-11-6-9(10)12-13-14/h1-6H,7H2. The van der Waals surface area contributed by atoms with Crippen LogP contribution in [0.4, 0.5) is 0 Å². The second-order valence-electron chi connectivity index (χ2n) is 3.19. The van der Waals surface area contributed by atoms with E-state index in [9.17, 15) is 0 Å². The molecular formula is C10H8N4O. The van der Waals surface area contributed by atoms with E-state index in [-0.39, 0.29) is 0 Å². The van der Waals surface area contributed by atoms with Gasteiger partial charge in [-0.3, -0.25) is 4.98 Å². The molecule has 0 atom stereocenters. The van der Waals surface area contributed by atoms with Gasteiger partial charge in [0.25, 0.3) is 0 Å². The molecular weight excluding hydrogens is 192 g/mol. The SMILES string of the molecule is c1coc(Cn2nnc3cnccc32)c1. The van der Waals surface area contributed by atoms with E-state index in [4.69, 9.17) is 4.42 Å². The monoisotopic (exact) mass is 200 g/mol. The third-order valence-electron chi connectivity index (χ3n) is 2.20. The van der Waals surface area contributed by atoms with E-state index in [1.54, 1.807) is 23.3 Å². The summed E-state index contributed by atoms with van der Waals surface area (Å²) in [7, 11) is 0. The van der Waals surface area contributed by atoms with Crippen LogP contribution in [0.1, 0.15) is 5.76 Å². The van der Waals surface area contributed by atoms with Gasteiger partial charge in [0.15, 0.2) is 0 Å². The molecule has 5 nitrogen and oxygen atoms in total. The number of hydrogen-bond acceptors (Lipinski definition) is 4. The lowest BCUT2D eigenvalue weighted by Gasteiger charge is -1.97. The topological polar surface area (TPSA) is 56.7 Å². The van der Waals surface area contributed by atoms with Crippen molar-refractivity contribution in [2.45, 2.75) is 6.54 Å². The molecule has 0 unspecified atom stereocenters. The summed E-state index contributed by atoms with van der Waals surface area (Å²) in [5.41, 5.74) is 1.76. The van der Waals surface area contributed by atoms with Crippen LogP contribution in [0.15, 0.2) is 41.3 Å². The Hall–Kier alpha value is -2.17. The first-order chi connectivity index (χ1) is 7.43. The number of rotatable bonds is 2. The highest BCUT2D eigenvalue weighted by Crippen LogP contribution is 2.10. The Morgan fingerprint density at radius 1 is 1.33 bits per heavy atom. The summed E-state index contributed by atoms with van der Waals surface area (Å²) in [6, 6.07) is 5.66. The van der Waals surface area contributed by atoms with Crippen LogP contribution in [-0.2, 0) is 6.54 Å². The lowest BCUT2D eigenvalue weighted by molar-refractivity contribution is 0.480. The van der Waals surface area contributed by atoms with Crippen LogP contribution in [0.2, 0.25) is 0 Å². The molecule has 0 aromatic carbocycles. The Labute approximate surface area is 85.3 Å². The van der Waals surface area contributed by atoms with Crippen molar-refractivity contribution in [3.63, 3.8) is 0 Å². The molecule has 0 spiro atoms. The minimum atomic E-state index is 0.591. The molecule has 74 valence electrons. The molecule has 0 aliphatic carbocycles. The summed E-state index contributed by atoms with van der Waals surface area (Å²) < 4.78 is 7.04. The normalized spacial score (nSPS) is 10.9. The van der Waals surface area contributed by atoms with Gasteiger partial charge in [0.1, 0.15) is 17.8 Å². The zero-order chi connectivity index (χ0) is 10.1. The number of aromatic nitrogens is 4. The van der Waals surface area contributed by atoms with Crippen molar-refractivity contribution in [3.8, 4) is 0 Å². The Kier molecular flexibility index (Phi) is 1.74. The molecule has 0 N–H and O–H groups in total. The van der Waals surface area contributed by atoms with Crippen molar-refractivity contribution < 1.29 is 4.42 Å². The van der Waals surface area contributed by atoms with Gasteiger partial charge in [0.2, 0.25) is 0 Å². The fourth-order valence-corrected chi connectivity index (χ4v) is 1.49. The third kappa shape index (κ3) is 1.38. The molecule has 3 rings (SSSR count). The van der Waals surface area contributed by atoms with Gasteiger partial charge in [-0.05, 0) is 18.2 Å². The van der Waals surface area contributed by atoms with Crippen LogP contribution in [0, 0.1) is 0 Å². The summed E-state index contributed by atoms with van der Waals surface area (Å²) in [5.74, 6) is 0.860. The predicted molar refractivity (Wildman–Crippen MR) is 53.1 cm³/mol. The van der Waals surface area contributed by atoms with Gasteiger partial charge in [-0.15, -0.1) is 5.10 Å². The fourth-order valence-electron chi connectivity index (χ4n) is 1.49. The summed E-state index contributed by atoms with van der Waals surface area (Å²) >= 11 is 0. The molecule has 0 aliphatic heterocycles. The predicted octanol–water partition coefficient (Wildman–Crippen LogP) is 1.47. The fraction of sp³-hybridized carbons (Fsp3) is 0.100. The lowest BCUT2D eigenvalue weighted by atomic mass is 10.4. The Balaban J connectivity index is 2.05. The number of pyridine rings is 1. The van der Waals surface area contributed by atoms with Crippen LogP contribution in [0.3, 0.4) is 0 Å². The molecule has 3 aromatic rings. The van der Waals surface area contributed by atoms with Crippen molar-refractivity contribution in [2.24, 2.45) is 0 Å². The molecule has 0 amide bonds. The van der Waals surface area contributed by atoms with E-state index in [1.165, 1.54) is 0 Å². The number of furan rings is 1. The first-order valence-electron chi connectivity index (χ1n) is 4.59. The Bertz CT molecular complexity index is 570. The van der Waals surface area contributed by atoms with Crippen molar-refractivity contribution in [2.75, 3.05) is 0 Å². The highest BCUT2D eigenvalue weighted by atomic mass is 16.3. The highest BCUT2D eigenvalue weighted by molar-refractivity contribution is 5.72. The summed E-state index contributed by atoms with van der Waals surface area (Å²) in [6.45, 7) is 0.591.